The summed E-state index contributed by atoms with van der Waals surface area (Å²) in [5.41, 5.74) is 0.516. The number of nitrogens with zero attached hydrogens (tertiary/aromatic N) is 2. The van der Waals surface area contributed by atoms with Gasteiger partial charge in [-0.3, -0.25) is 5.10 Å². The topological polar surface area (TPSA) is 79.2 Å². The van der Waals surface area contributed by atoms with Crippen molar-refractivity contribution in [3.8, 4) is 0 Å². The predicted octanol–water partition coefficient (Wildman–Crippen LogP) is 1.89. The average molecular weight is 334 g/mol. The SMILES string of the molecule is Cc1[nH]ncc1S(=O)(=O)N(C)Cc1ccc(Br)o1. The van der Waals surface area contributed by atoms with Crippen LogP contribution in [0.1, 0.15) is 11.5 Å². The summed E-state index contributed by atoms with van der Waals surface area (Å²) in [6.07, 6.45) is 1.30. The van der Waals surface area contributed by atoms with Gasteiger partial charge in [0.2, 0.25) is 10.0 Å². The summed E-state index contributed by atoms with van der Waals surface area (Å²) in [4.78, 5) is 0.177. The van der Waals surface area contributed by atoms with Crippen LogP contribution < -0.4 is 0 Å². The number of rotatable bonds is 4. The highest BCUT2D eigenvalue weighted by atomic mass is 79.9. The monoisotopic (exact) mass is 333 g/mol. The molecule has 2 rings (SSSR count). The van der Waals surface area contributed by atoms with E-state index >= 15 is 0 Å². The summed E-state index contributed by atoms with van der Waals surface area (Å²) in [5, 5.41) is 6.33. The largest absolute Gasteiger partial charge is 0.453 e. The molecule has 1 N–H and O–H groups in total. The fourth-order valence-electron chi connectivity index (χ4n) is 1.51. The molecule has 0 radical (unpaired) electrons. The lowest BCUT2D eigenvalue weighted by molar-refractivity contribution is 0.398. The third-order valence-electron chi connectivity index (χ3n) is 2.48. The normalized spacial score (nSPS) is 12.2. The molecule has 0 aliphatic rings. The van der Waals surface area contributed by atoms with Gasteiger partial charge < -0.3 is 4.42 Å². The number of sulfonamides is 1. The zero-order valence-electron chi connectivity index (χ0n) is 9.84. The highest BCUT2D eigenvalue weighted by Crippen LogP contribution is 2.20. The Kier molecular flexibility index (Phi) is 3.60. The van der Waals surface area contributed by atoms with Gasteiger partial charge in [-0.2, -0.15) is 9.40 Å². The number of aryl methyl sites for hydroxylation is 1. The quantitative estimate of drug-likeness (QED) is 0.926. The Bertz CT molecular complexity index is 647. The molecule has 0 atom stereocenters. The Morgan fingerprint density at radius 1 is 1.50 bits per heavy atom. The standard InChI is InChI=1S/C10H12BrN3O3S/c1-7-9(5-12-13-7)18(15,16)14(2)6-8-3-4-10(11)17-8/h3-5H,6H2,1-2H3,(H,12,13). The fraction of sp³-hybridized carbons (Fsp3) is 0.300. The summed E-state index contributed by atoms with van der Waals surface area (Å²) in [6.45, 7) is 1.83. The molecule has 0 saturated carbocycles. The van der Waals surface area contributed by atoms with Gasteiger partial charge in [-0.25, -0.2) is 8.42 Å². The maximum absolute atomic E-state index is 12.2. The maximum Gasteiger partial charge on any atom is 0.246 e. The zero-order chi connectivity index (χ0) is 13.3. The first-order valence-electron chi connectivity index (χ1n) is 5.12. The van der Waals surface area contributed by atoms with E-state index in [1.54, 1.807) is 19.1 Å². The molecule has 0 unspecified atom stereocenters. The molecule has 6 nitrogen and oxygen atoms in total. The number of furan rings is 1. The number of hydrogen-bond acceptors (Lipinski definition) is 4. The molecule has 8 heteroatoms. The van der Waals surface area contributed by atoms with Crippen LogP contribution in [-0.4, -0.2) is 30.0 Å². The van der Waals surface area contributed by atoms with Gasteiger partial charge >= 0.3 is 0 Å². The Labute approximate surface area is 113 Å². The minimum absolute atomic E-state index is 0.165. The van der Waals surface area contributed by atoms with E-state index in [0.29, 0.717) is 16.1 Å². The molecule has 0 saturated heterocycles. The number of nitrogens with one attached hydrogen (secondary N) is 1. The summed E-state index contributed by atoms with van der Waals surface area (Å²) >= 11 is 3.17. The Morgan fingerprint density at radius 2 is 2.22 bits per heavy atom. The molecule has 0 aliphatic carbocycles. The number of aromatic amines is 1. The first-order chi connectivity index (χ1) is 8.41. The third kappa shape index (κ3) is 2.50. The van der Waals surface area contributed by atoms with Crippen LogP contribution in [0.15, 0.2) is 32.3 Å². The van der Waals surface area contributed by atoms with E-state index in [1.807, 2.05) is 0 Å². The second-order valence-electron chi connectivity index (χ2n) is 3.83. The van der Waals surface area contributed by atoms with E-state index < -0.39 is 10.0 Å². The van der Waals surface area contributed by atoms with Gasteiger partial charge in [0.15, 0.2) is 4.67 Å². The van der Waals surface area contributed by atoms with Crippen LogP contribution >= 0.6 is 15.9 Å². The van der Waals surface area contributed by atoms with Crippen molar-refractivity contribution in [3.05, 3.63) is 34.5 Å². The maximum atomic E-state index is 12.2. The Morgan fingerprint density at radius 3 is 2.72 bits per heavy atom. The molecule has 0 spiro atoms. The summed E-state index contributed by atoms with van der Waals surface area (Å²) in [5.74, 6) is 0.564. The van der Waals surface area contributed by atoms with Gasteiger partial charge in [-0.15, -0.1) is 0 Å². The van der Waals surface area contributed by atoms with Crippen LogP contribution in [0.4, 0.5) is 0 Å². The lowest BCUT2D eigenvalue weighted by atomic mass is 10.4. The van der Waals surface area contributed by atoms with Gasteiger partial charge in [0.05, 0.1) is 18.4 Å². The molecule has 0 aliphatic heterocycles. The summed E-state index contributed by atoms with van der Waals surface area (Å²) < 4.78 is 31.6. The third-order valence-corrected chi connectivity index (χ3v) is 4.82. The molecule has 2 aromatic heterocycles. The molecular formula is C10H12BrN3O3S. The van der Waals surface area contributed by atoms with Crippen molar-refractivity contribution in [1.29, 1.82) is 0 Å². The van der Waals surface area contributed by atoms with Crippen LogP contribution in [0.3, 0.4) is 0 Å². The summed E-state index contributed by atoms with van der Waals surface area (Å²) in [6, 6.07) is 3.44. The smallest absolute Gasteiger partial charge is 0.246 e. The van der Waals surface area contributed by atoms with Crippen LogP contribution in [0.25, 0.3) is 0 Å². The minimum atomic E-state index is -3.55. The van der Waals surface area contributed by atoms with Crippen molar-refractivity contribution in [2.75, 3.05) is 7.05 Å². The van der Waals surface area contributed by atoms with E-state index in [-0.39, 0.29) is 11.4 Å². The van der Waals surface area contributed by atoms with Gasteiger partial charge in [0.1, 0.15) is 10.7 Å². The summed E-state index contributed by atoms with van der Waals surface area (Å²) in [7, 11) is -2.05. The van der Waals surface area contributed by atoms with Crippen LogP contribution in [0.5, 0.6) is 0 Å². The molecule has 0 aromatic carbocycles. The second-order valence-corrected chi connectivity index (χ2v) is 6.62. The van der Waals surface area contributed by atoms with Crippen LogP contribution in [0, 0.1) is 6.92 Å². The van der Waals surface area contributed by atoms with Gasteiger partial charge in [0.25, 0.3) is 0 Å². The highest BCUT2D eigenvalue weighted by molar-refractivity contribution is 9.10. The van der Waals surface area contributed by atoms with Gasteiger partial charge in [-0.05, 0) is 35.0 Å². The number of aromatic nitrogens is 2. The Balaban J connectivity index is 2.23. The van der Waals surface area contributed by atoms with Gasteiger partial charge in [-0.1, -0.05) is 0 Å². The molecular weight excluding hydrogens is 322 g/mol. The lowest BCUT2D eigenvalue weighted by Crippen LogP contribution is -2.26. The molecule has 0 amide bonds. The van der Waals surface area contributed by atoms with Crippen LogP contribution in [-0.2, 0) is 16.6 Å². The van der Waals surface area contributed by atoms with Crippen molar-refractivity contribution in [2.45, 2.75) is 18.4 Å². The molecule has 0 bridgehead atoms. The van der Waals surface area contributed by atoms with E-state index in [1.165, 1.54) is 17.5 Å². The number of H-pyrrole nitrogens is 1. The van der Waals surface area contributed by atoms with Crippen molar-refractivity contribution < 1.29 is 12.8 Å². The van der Waals surface area contributed by atoms with Crippen molar-refractivity contribution in [3.63, 3.8) is 0 Å². The molecule has 2 heterocycles. The molecule has 18 heavy (non-hydrogen) atoms. The van der Waals surface area contributed by atoms with E-state index in [9.17, 15) is 8.42 Å². The first kappa shape index (κ1) is 13.3. The number of halogens is 1. The minimum Gasteiger partial charge on any atom is -0.453 e. The van der Waals surface area contributed by atoms with E-state index in [0.717, 1.165) is 0 Å². The first-order valence-corrected chi connectivity index (χ1v) is 7.35. The molecule has 2 aromatic rings. The van der Waals surface area contributed by atoms with Crippen molar-refractivity contribution >= 4 is 26.0 Å². The average Bonchev–Trinajstić information content (AvgIpc) is 2.87. The molecule has 0 fully saturated rings. The second kappa shape index (κ2) is 4.87. The number of hydrogen-bond donors (Lipinski definition) is 1. The van der Waals surface area contributed by atoms with Crippen molar-refractivity contribution in [2.24, 2.45) is 0 Å². The molecule has 98 valence electrons. The van der Waals surface area contributed by atoms with E-state index in [4.69, 9.17) is 4.42 Å². The highest BCUT2D eigenvalue weighted by Gasteiger charge is 2.25. The van der Waals surface area contributed by atoms with Gasteiger partial charge in [0, 0.05) is 7.05 Å². The van der Waals surface area contributed by atoms with E-state index in [2.05, 4.69) is 26.1 Å². The Hall–Kier alpha value is -1.12. The predicted molar refractivity (Wildman–Crippen MR) is 68.4 cm³/mol. The van der Waals surface area contributed by atoms with Crippen molar-refractivity contribution in [1.82, 2.24) is 14.5 Å². The zero-order valence-corrected chi connectivity index (χ0v) is 12.2. The fourth-order valence-corrected chi connectivity index (χ4v) is 3.10. The van der Waals surface area contributed by atoms with Crippen LogP contribution in [0.2, 0.25) is 0 Å². The lowest BCUT2D eigenvalue weighted by Gasteiger charge is -2.15.